The van der Waals surface area contributed by atoms with Crippen molar-refractivity contribution < 1.29 is 14.3 Å². The molecule has 0 atom stereocenters. The molecule has 0 bridgehead atoms. The lowest BCUT2D eigenvalue weighted by molar-refractivity contribution is -0.118. The van der Waals surface area contributed by atoms with Crippen LogP contribution in [0.2, 0.25) is 10.0 Å². The molecule has 0 aliphatic rings. The minimum Gasteiger partial charge on any atom is -0.497 e. The number of carbonyl (C=O) groups is 1. The number of anilines is 1. The molecule has 3 aromatic rings. The smallest absolute Gasteiger partial charge is 0.264 e. The fourth-order valence-corrected chi connectivity index (χ4v) is 3.47. The fourth-order valence-electron chi connectivity index (χ4n) is 2.28. The van der Waals surface area contributed by atoms with E-state index in [1.807, 2.05) is 12.1 Å². The number of nitrogens with zero attached hydrogens (tertiary/aromatic N) is 3. The summed E-state index contributed by atoms with van der Waals surface area (Å²) in [6, 6.07) is 14.0. The third-order valence-corrected chi connectivity index (χ3v) is 5.10. The summed E-state index contributed by atoms with van der Waals surface area (Å²) >= 11 is 12.9. The second-order valence-corrected chi connectivity index (χ2v) is 7.59. The normalized spacial score (nSPS) is 10.9. The lowest BCUT2D eigenvalue weighted by atomic mass is 10.1. The van der Waals surface area contributed by atoms with Gasteiger partial charge in [0.15, 0.2) is 11.6 Å². The number of rotatable bonds is 7. The summed E-state index contributed by atoms with van der Waals surface area (Å²) in [6.45, 7) is -0.275. The number of carbonyl (C=O) groups excluding carboxylic acids is 1. The molecule has 152 valence electrons. The van der Waals surface area contributed by atoms with Gasteiger partial charge in [0, 0.05) is 5.02 Å². The number of nitrogens with one attached hydrogen (secondary N) is 1. The summed E-state index contributed by atoms with van der Waals surface area (Å²) in [5.41, 5.74) is 1.13. The van der Waals surface area contributed by atoms with E-state index in [0.29, 0.717) is 32.1 Å². The molecule has 0 radical (unpaired) electrons. The molecular formula is C20H14Cl2N4O3S. The molecule has 2 aromatic carbocycles. The lowest BCUT2D eigenvalue weighted by Gasteiger charge is -2.07. The van der Waals surface area contributed by atoms with Crippen molar-refractivity contribution in [3.05, 3.63) is 63.1 Å². The highest BCUT2D eigenvalue weighted by molar-refractivity contribution is 7.16. The molecular weight excluding hydrogens is 447 g/mol. The first-order chi connectivity index (χ1) is 14.5. The zero-order chi connectivity index (χ0) is 21.5. The molecule has 1 aromatic heterocycles. The summed E-state index contributed by atoms with van der Waals surface area (Å²) in [4.78, 5) is 12.1. The number of benzene rings is 2. The Kier molecular flexibility index (Phi) is 7.25. The Morgan fingerprint density at radius 2 is 2.00 bits per heavy atom. The number of hydrogen-bond donors (Lipinski definition) is 1. The van der Waals surface area contributed by atoms with Crippen LogP contribution in [0.5, 0.6) is 11.5 Å². The third kappa shape index (κ3) is 5.70. The average Bonchev–Trinajstić information content (AvgIpc) is 3.20. The van der Waals surface area contributed by atoms with Crippen molar-refractivity contribution >= 4 is 57.2 Å². The topological polar surface area (TPSA) is 97.1 Å². The van der Waals surface area contributed by atoms with E-state index >= 15 is 0 Å². The number of ether oxygens (including phenoxy) is 2. The predicted molar refractivity (Wildman–Crippen MR) is 117 cm³/mol. The van der Waals surface area contributed by atoms with Gasteiger partial charge in [-0.25, -0.2) is 0 Å². The molecule has 1 heterocycles. The maximum atomic E-state index is 12.1. The van der Waals surface area contributed by atoms with Crippen molar-refractivity contribution in [2.75, 3.05) is 19.0 Å². The van der Waals surface area contributed by atoms with Crippen LogP contribution >= 0.6 is 34.5 Å². The van der Waals surface area contributed by atoms with E-state index in [0.717, 1.165) is 16.9 Å². The monoisotopic (exact) mass is 460 g/mol. The zero-order valence-electron chi connectivity index (χ0n) is 15.6. The van der Waals surface area contributed by atoms with Crippen LogP contribution in [0.4, 0.5) is 5.13 Å². The van der Waals surface area contributed by atoms with Crippen molar-refractivity contribution in [2.45, 2.75) is 0 Å². The minimum absolute atomic E-state index is 0.247. The largest absolute Gasteiger partial charge is 0.497 e. The van der Waals surface area contributed by atoms with E-state index in [1.54, 1.807) is 37.5 Å². The van der Waals surface area contributed by atoms with Crippen LogP contribution in [0.1, 0.15) is 10.6 Å². The van der Waals surface area contributed by atoms with Crippen molar-refractivity contribution in [3.63, 3.8) is 0 Å². The Balaban J connectivity index is 1.63. The maximum Gasteiger partial charge on any atom is 0.264 e. The van der Waals surface area contributed by atoms with Gasteiger partial charge in [-0.1, -0.05) is 46.7 Å². The second kappa shape index (κ2) is 10.1. The van der Waals surface area contributed by atoms with Gasteiger partial charge in [-0.3, -0.25) is 10.1 Å². The highest BCUT2D eigenvalue weighted by atomic mass is 35.5. The minimum atomic E-state index is -0.443. The first kappa shape index (κ1) is 21.6. The molecule has 0 saturated carbocycles. The third-order valence-electron chi connectivity index (χ3n) is 3.70. The first-order valence-corrected chi connectivity index (χ1v) is 10.0. The maximum absolute atomic E-state index is 12.1. The SMILES string of the molecule is COc1ccc(/C=C(\C#N)c2nnc(NC(=O)COc3ccc(Cl)cc3Cl)s2)cc1. The van der Waals surface area contributed by atoms with Gasteiger partial charge in [-0.15, -0.1) is 10.2 Å². The first-order valence-electron chi connectivity index (χ1n) is 8.46. The van der Waals surface area contributed by atoms with Crippen LogP contribution in [-0.4, -0.2) is 29.8 Å². The number of amides is 1. The van der Waals surface area contributed by atoms with Gasteiger partial charge in [0.1, 0.15) is 17.6 Å². The van der Waals surface area contributed by atoms with E-state index in [9.17, 15) is 10.1 Å². The molecule has 3 rings (SSSR count). The van der Waals surface area contributed by atoms with E-state index in [2.05, 4.69) is 21.6 Å². The Labute approximate surface area is 186 Å². The standard InChI is InChI=1S/C20H14Cl2N4O3S/c1-28-15-5-2-12(3-6-15)8-13(10-23)19-25-26-20(30-19)24-18(27)11-29-17-7-4-14(21)9-16(17)22/h2-9H,11H2,1H3,(H,24,26,27)/b13-8+. The number of allylic oxidation sites excluding steroid dienone is 1. The quantitative estimate of drug-likeness (QED) is 0.501. The summed E-state index contributed by atoms with van der Waals surface area (Å²) in [5.74, 6) is 0.610. The highest BCUT2D eigenvalue weighted by Crippen LogP contribution is 2.28. The van der Waals surface area contributed by atoms with Crippen LogP contribution in [0, 0.1) is 11.3 Å². The van der Waals surface area contributed by atoms with Gasteiger partial charge in [0.25, 0.3) is 5.91 Å². The molecule has 0 fully saturated rings. The number of aromatic nitrogens is 2. The van der Waals surface area contributed by atoms with Crippen molar-refractivity contribution in [1.29, 1.82) is 5.26 Å². The number of methoxy groups -OCH3 is 1. The van der Waals surface area contributed by atoms with Gasteiger partial charge in [-0.05, 0) is 42.0 Å². The predicted octanol–water partition coefficient (Wildman–Crippen LogP) is 4.94. The fraction of sp³-hybridized carbons (Fsp3) is 0.100. The number of nitriles is 1. The van der Waals surface area contributed by atoms with Gasteiger partial charge in [-0.2, -0.15) is 5.26 Å². The highest BCUT2D eigenvalue weighted by Gasteiger charge is 2.13. The Morgan fingerprint density at radius 3 is 2.67 bits per heavy atom. The Morgan fingerprint density at radius 1 is 1.23 bits per heavy atom. The van der Waals surface area contributed by atoms with Crippen LogP contribution in [-0.2, 0) is 4.79 Å². The van der Waals surface area contributed by atoms with Crippen molar-refractivity contribution in [2.24, 2.45) is 0 Å². The number of hydrogen-bond acceptors (Lipinski definition) is 7. The summed E-state index contributed by atoms with van der Waals surface area (Å²) in [6.07, 6.45) is 1.68. The second-order valence-electron chi connectivity index (χ2n) is 5.77. The summed E-state index contributed by atoms with van der Waals surface area (Å²) < 4.78 is 10.5. The van der Waals surface area contributed by atoms with Gasteiger partial charge >= 0.3 is 0 Å². The lowest BCUT2D eigenvalue weighted by Crippen LogP contribution is -2.20. The average molecular weight is 461 g/mol. The molecule has 1 N–H and O–H groups in total. The molecule has 0 spiro atoms. The van der Waals surface area contributed by atoms with Crippen molar-refractivity contribution in [1.82, 2.24) is 10.2 Å². The molecule has 30 heavy (non-hydrogen) atoms. The Hall–Kier alpha value is -3.12. The summed E-state index contributed by atoms with van der Waals surface area (Å²) in [5, 5.41) is 21.3. The van der Waals surface area contributed by atoms with Crippen LogP contribution in [0.15, 0.2) is 42.5 Å². The molecule has 0 aliphatic heterocycles. The molecule has 0 saturated heterocycles. The van der Waals surface area contributed by atoms with Crippen LogP contribution in [0.3, 0.4) is 0 Å². The van der Waals surface area contributed by atoms with E-state index < -0.39 is 5.91 Å². The van der Waals surface area contributed by atoms with Gasteiger partial charge < -0.3 is 9.47 Å². The number of halogens is 2. The van der Waals surface area contributed by atoms with Gasteiger partial charge in [0.2, 0.25) is 5.13 Å². The van der Waals surface area contributed by atoms with E-state index in [4.69, 9.17) is 32.7 Å². The van der Waals surface area contributed by atoms with Crippen LogP contribution < -0.4 is 14.8 Å². The molecule has 1 amide bonds. The molecule has 0 unspecified atom stereocenters. The van der Waals surface area contributed by atoms with E-state index in [1.165, 1.54) is 6.07 Å². The van der Waals surface area contributed by atoms with Crippen LogP contribution in [0.25, 0.3) is 11.6 Å². The van der Waals surface area contributed by atoms with Crippen molar-refractivity contribution in [3.8, 4) is 17.6 Å². The summed E-state index contributed by atoms with van der Waals surface area (Å²) in [7, 11) is 1.58. The molecule has 10 heteroatoms. The van der Waals surface area contributed by atoms with E-state index in [-0.39, 0.29) is 11.7 Å². The molecule has 0 aliphatic carbocycles. The molecule has 7 nitrogen and oxygen atoms in total. The van der Waals surface area contributed by atoms with Gasteiger partial charge in [0.05, 0.1) is 17.7 Å². The zero-order valence-corrected chi connectivity index (χ0v) is 17.9. The Bertz CT molecular complexity index is 1120.